The molecule has 0 aliphatic heterocycles. The Balaban J connectivity index is 2.53. The van der Waals surface area contributed by atoms with Crippen LogP contribution in [0.15, 0.2) is 40.8 Å². The van der Waals surface area contributed by atoms with Gasteiger partial charge in [-0.1, -0.05) is 6.07 Å². The summed E-state index contributed by atoms with van der Waals surface area (Å²) in [5.41, 5.74) is 2.29. The lowest BCUT2D eigenvalue weighted by Crippen LogP contribution is -1.72. The molecule has 0 bridgehead atoms. The van der Waals surface area contributed by atoms with E-state index in [4.69, 9.17) is 9.68 Å². The molecule has 2 heteroatoms. The van der Waals surface area contributed by atoms with Gasteiger partial charge in [0.15, 0.2) is 0 Å². The normalized spacial score (nSPS) is 10.6. The van der Waals surface area contributed by atoms with Crippen molar-refractivity contribution in [3.8, 4) is 6.07 Å². The third-order valence-electron chi connectivity index (χ3n) is 2.44. The molecule has 3 aromatic rings. The lowest BCUT2D eigenvalue weighted by atomic mass is 10.1. The molecule has 69 valence electrons. The minimum absolute atomic E-state index is 0.647. The fourth-order valence-corrected chi connectivity index (χ4v) is 1.73. The van der Waals surface area contributed by atoms with Gasteiger partial charge in [-0.05, 0) is 36.4 Å². The monoisotopic (exact) mass is 192 g/mol. The first-order valence-electron chi connectivity index (χ1n) is 4.61. The molecule has 0 aliphatic rings. The van der Waals surface area contributed by atoms with Crippen molar-refractivity contribution in [3.63, 3.8) is 0 Å². The molecule has 2 aromatic carbocycles. The molecular formula is C13H6NO. The number of fused-ring (bicyclic) bond motifs is 3. The Labute approximate surface area is 86.3 Å². The Kier molecular flexibility index (Phi) is 1.54. The van der Waals surface area contributed by atoms with Crippen LogP contribution in [0.1, 0.15) is 5.56 Å². The zero-order valence-corrected chi connectivity index (χ0v) is 7.82. The minimum Gasteiger partial charge on any atom is -0.456 e. The zero-order chi connectivity index (χ0) is 10.3. The summed E-state index contributed by atoms with van der Waals surface area (Å²) in [4.78, 5) is 0. The highest BCUT2D eigenvalue weighted by Gasteiger charge is 2.06. The maximum absolute atomic E-state index is 8.82. The molecule has 0 saturated heterocycles. The van der Waals surface area contributed by atoms with E-state index in [2.05, 4.69) is 12.1 Å². The molecule has 0 N–H and O–H groups in total. The fourth-order valence-electron chi connectivity index (χ4n) is 1.73. The predicted octanol–water partition coefficient (Wildman–Crippen LogP) is 3.26. The van der Waals surface area contributed by atoms with Gasteiger partial charge < -0.3 is 4.42 Å². The van der Waals surface area contributed by atoms with E-state index in [0.717, 1.165) is 21.9 Å². The highest BCUT2D eigenvalue weighted by molar-refractivity contribution is 6.05. The predicted molar refractivity (Wildman–Crippen MR) is 57.3 cm³/mol. The molecular weight excluding hydrogens is 186 g/mol. The maximum atomic E-state index is 8.82. The van der Waals surface area contributed by atoms with Crippen LogP contribution in [0, 0.1) is 17.4 Å². The molecule has 1 heterocycles. The van der Waals surface area contributed by atoms with Crippen LogP contribution >= 0.6 is 0 Å². The number of benzene rings is 2. The molecule has 0 saturated carbocycles. The van der Waals surface area contributed by atoms with Crippen molar-refractivity contribution in [1.82, 2.24) is 0 Å². The highest BCUT2D eigenvalue weighted by Crippen LogP contribution is 2.28. The molecule has 0 aliphatic carbocycles. The van der Waals surface area contributed by atoms with Gasteiger partial charge in [-0.2, -0.15) is 5.26 Å². The molecule has 1 radical (unpaired) electrons. The van der Waals surface area contributed by atoms with Crippen LogP contribution in [0.5, 0.6) is 0 Å². The summed E-state index contributed by atoms with van der Waals surface area (Å²) in [5, 5.41) is 10.8. The van der Waals surface area contributed by atoms with Crippen molar-refractivity contribution in [1.29, 1.82) is 5.26 Å². The first-order chi connectivity index (χ1) is 7.38. The van der Waals surface area contributed by atoms with Crippen molar-refractivity contribution in [2.75, 3.05) is 0 Å². The third kappa shape index (κ3) is 1.10. The smallest absolute Gasteiger partial charge is 0.135 e. The lowest BCUT2D eigenvalue weighted by molar-refractivity contribution is 0.669. The van der Waals surface area contributed by atoms with Gasteiger partial charge in [0.2, 0.25) is 0 Å². The van der Waals surface area contributed by atoms with Crippen molar-refractivity contribution >= 4 is 21.9 Å². The summed E-state index contributed by atoms with van der Waals surface area (Å²) in [5.74, 6) is 0. The second-order valence-electron chi connectivity index (χ2n) is 3.35. The Morgan fingerprint density at radius 2 is 2.00 bits per heavy atom. The van der Waals surface area contributed by atoms with Gasteiger partial charge in [0.25, 0.3) is 0 Å². The third-order valence-corrected chi connectivity index (χ3v) is 2.44. The molecule has 3 rings (SSSR count). The summed E-state index contributed by atoms with van der Waals surface area (Å²) >= 11 is 0. The van der Waals surface area contributed by atoms with Crippen LogP contribution in [0.2, 0.25) is 0 Å². The van der Waals surface area contributed by atoms with E-state index < -0.39 is 0 Å². The fraction of sp³-hybridized carbons (Fsp3) is 0. The largest absolute Gasteiger partial charge is 0.456 e. The number of nitriles is 1. The number of furan rings is 1. The van der Waals surface area contributed by atoms with Gasteiger partial charge in [0.1, 0.15) is 11.2 Å². The van der Waals surface area contributed by atoms with Crippen LogP contribution < -0.4 is 0 Å². The number of hydrogen-bond acceptors (Lipinski definition) is 2. The molecule has 0 atom stereocenters. The first kappa shape index (κ1) is 8.07. The Morgan fingerprint density at radius 1 is 1.13 bits per heavy atom. The summed E-state index contributed by atoms with van der Waals surface area (Å²) in [7, 11) is 0. The second kappa shape index (κ2) is 2.86. The number of rotatable bonds is 0. The van der Waals surface area contributed by atoms with Gasteiger partial charge in [0.05, 0.1) is 11.6 Å². The van der Waals surface area contributed by atoms with E-state index in [9.17, 15) is 0 Å². The van der Waals surface area contributed by atoms with Gasteiger partial charge >= 0.3 is 0 Å². The van der Waals surface area contributed by atoms with Gasteiger partial charge in [-0.25, -0.2) is 0 Å². The first-order valence-corrected chi connectivity index (χ1v) is 4.61. The van der Waals surface area contributed by atoms with Crippen molar-refractivity contribution in [3.05, 3.63) is 48.0 Å². The molecule has 0 amide bonds. The Morgan fingerprint density at radius 3 is 2.87 bits per heavy atom. The van der Waals surface area contributed by atoms with Crippen molar-refractivity contribution < 1.29 is 4.42 Å². The maximum Gasteiger partial charge on any atom is 0.135 e. The van der Waals surface area contributed by atoms with Crippen LogP contribution in [0.25, 0.3) is 21.9 Å². The number of nitrogens with zero attached hydrogens (tertiary/aromatic N) is 1. The Hall–Kier alpha value is -2.27. The average Bonchev–Trinajstić information content (AvgIpc) is 2.66. The van der Waals surface area contributed by atoms with Gasteiger partial charge in [-0.3, -0.25) is 0 Å². The quantitative estimate of drug-likeness (QED) is 0.548. The standard InChI is InChI=1S/C13H6NO/c14-8-9-5-6-13-11(7-9)10-3-1-2-4-12(10)15-13/h2-7H. The SMILES string of the molecule is N#Cc1ccc2oc3cc[c]cc3c2c1. The second-order valence-corrected chi connectivity index (χ2v) is 3.35. The van der Waals surface area contributed by atoms with Crippen LogP contribution in [0.4, 0.5) is 0 Å². The van der Waals surface area contributed by atoms with E-state index in [1.165, 1.54) is 0 Å². The molecule has 1 aromatic heterocycles. The summed E-state index contributed by atoms with van der Waals surface area (Å²) in [6, 6.07) is 16.1. The molecule has 2 nitrogen and oxygen atoms in total. The van der Waals surface area contributed by atoms with E-state index in [1.54, 1.807) is 6.07 Å². The van der Waals surface area contributed by atoms with E-state index in [1.807, 2.05) is 30.3 Å². The molecule has 0 spiro atoms. The van der Waals surface area contributed by atoms with E-state index in [-0.39, 0.29) is 0 Å². The lowest BCUT2D eigenvalue weighted by Gasteiger charge is -1.89. The molecule has 15 heavy (non-hydrogen) atoms. The van der Waals surface area contributed by atoms with Crippen LogP contribution in [-0.4, -0.2) is 0 Å². The summed E-state index contributed by atoms with van der Waals surface area (Å²) in [6.07, 6.45) is 0. The number of hydrogen-bond donors (Lipinski definition) is 0. The highest BCUT2D eigenvalue weighted by atomic mass is 16.3. The molecule has 0 fully saturated rings. The van der Waals surface area contributed by atoms with E-state index >= 15 is 0 Å². The van der Waals surface area contributed by atoms with Crippen LogP contribution in [0.3, 0.4) is 0 Å². The van der Waals surface area contributed by atoms with E-state index in [0.29, 0.717) is 5.56 Å². The Bertz CT molecular complexity index is 688. The minimum atomic E-state index is 0.647. The van der Waals surface area contributed by atoms with Gasteiger partial charge in [0, 0.05) is 10.8 Å². The van der Waals surface area contributed by atoms with Crippen LogP contribution in [-0.2, 0) is 0 Å². The summed E-state index contributed by atoms with van der Waals surface area (Å²) < 4.78 is 5.62. The van der Waals surface area contributed by atoms with Crippen molar-refractivity contribution in [2.24, 2.45) is 0 Å². The topological polar surface area (TPSA) is 36.9 Å². The molecule has 0 unspecified atom stereocenters. The van der Waals surface area contributed by atoms with Crippen molar-refractivity contribution in [2.45, 2.75) is 0 Å². The zero-order valence-electron chi connectivity index (χ0n) is 7.82. The average molecular weight is 192 g/mol. The van der Waals surface area contributed by atoms with Gasteiger partial charge in [-0.15, -0.1) is 0 Å². The summed E-state index contributed by atoms with van der Waals surface area (Å²) in [6.45, 7) is 0.